The van der Waals surface area contributed by atoms with Crippen LogP contribution in [-0.4, -0.2) is 141 Å². The summed E-state index contributed by atoms with van der Waals surface area (Å²) in [6, 6.07) is 11.8. The summed E-state index contributed by atoms with van der Waals surface area (Å²) in [4.78, 5) is 111. The van der Waals surface area contributed by atoms with Crippen LogP contribution in [0.5, 0.6) is 0 Å². The van der Waals surface area contributed by atoms with E-state index in [-0.39, 0.29) is 102 Å². The fraction of sp³-hybridized carbons (Fsp3) is 0.282. The normalized spacial score (nSPS) is 11.2. The fourth-order valence-electron chi connectivity index (χ4n) is 11.0. The number of H-pyrrole nitrogens is 1. The van der Waals surface area contributed by atoms with Crippen LogP contribution in [0.15, 0.2) is 138 Å². The van der Waals surface area contributed by atoms with Crippen LogP contribution in [0.1, 0.15) is 92.6 Å². The Kier molecular flexibility index (Phi) is 27.0. The van der Waals surface area contributed by atoms with Gasteiger partial charge < -0.3 is 37.6 Å². The highest BCUT2D eigenvalue weighted by molar-refractivity contribution is 5.97. The monoisotopic (exact) mass is 1490 g/mol. The third-order valence-electron chi connectivity index (χ3n) is 16.5. The molecule has 3 amide bonds. The SMILES string of the molecule is C=CC(=O)N(CC)CC.C=CC(=O)N(CC)CC.C=CC(=O)N(CC)CC.CC(=O)n1ncc2c(-n3c(C(F)(F)F)cc4c(N)ncnc4c3=O)c(C)ccc21.Cc1ccc(N)c(C)c1-n1c(C(F)(F)F)cc2c(N)ncnc2c1=O.Cc1ccc2[nH]ncc2c1-n1c(C(F)(F)F)cc2c(N)ncnc2c1=O. The smallest absolute Gasteiger partial charge is 0.398 e. The van der Waals surface area contributed by atoms with Gasteiger partial charge in [0.05, 0.1) is 56.6 Å². The Balaban J connectivity index is 0.000000215. The summed E-state index contributed by atoms with van der Waals surface area (Å²) in [5.74, 6) is -0.995. The third kappa shape index (κ3) is 18.1. The number of anilines is 4. The van der Waals surface area contributed by atoms with Gasteiger partial charge in [-0.1, -0.05) is 37.9 Å². The van der Waals surface area contributed by atoms with Crippen LogP contribution in [0, 0.1) is 27.7 Å². The molecule has 0 bridgehead atoms. The van der Waals surface area contributed by atoms with Crippen LogP contribution in [-0.2, 0) is 32.9 Å². The number of halogens is 9. The number of nitrogen functional groups attached to an aromatic ring is 4. The van der Waals surface area contributed by atoms with Crippen molar-refractivity contribution in [3.05, 3.63) is 194 Å². The molecule has 36 heteroatoms. The first-order valence-electron chi connectivity index (χ1n) is 32.5. The molecule has 0 saturated heterocycles. The van der Waals surface area contributed by atoms with Gasteiger partial charge >= 0.3 is 18.5 Å². The lowest BCUT2D eigenvalue weighted by Crippen LogP contribution is -2.29. The van der Waals surface area contributed by atoms with Crippen LogP contribution in [0.2, 0.25) is 0 Å². The van der Waals surface area contributed by atoms with Gasteiger partial charge in [0.25, 0.3) is 16.7 Å². The van der Waals surface area contributed by atoms with Crippen molar-refractivity contribution in [2.24, 2.45) is 0 Å². The number of benzene rings is 3. The second-order valence-corrected chi connectivity index (χ2v) is 23.0. The average Bonchev–Trinajstić information content (AvgIpc) is 1.73. The molecular formula is C71H77F9N20O7. The zero-order valence-corrected chi connectivity index (χ0v) is 60.0. The summed E-state index contributed by atoms with van der Waals surface area (Å²) in [6.07, 6.45) is -4.72. The van der Waals surface area contributed by atoms with E-state index in [9.17, 15) is 73.1 Å². The number of likely N-dealkylation sites (N-methyl/N-ethyl adjacent to an activating group) is 3. The number of aromatic nitrogens is 13. The predicted octanol–water partition coefficient (Wildman–Crippen LogP) is 11.0. The Morgan fingerprint density at radius 2 is 0.794 bits per heavy atom. The number of hydrogen-bond donors (Lipinski definition) is 5. The minimum atomic E-state index is -4.87. The maximum Gasteiger partial charge on any atom is 0.431 e. The molecule has 3 aromatic carbocycles. The molecule has 107 heavy (non-hydrogen) atoms. The van der Waals surface area contributed by atoms with Crippen molar-refractivity contribution >= 4 is 101 Å². The Hall–Kier alpha value is -12.7. The number of pyridine rings is 3. The zero-order chi connectivity index (χ0) is 80.1. The first kappa shape index (κ1) is 83.3. The van der Waals surface area contributed by atoms with E-state index in [1.54, 1.807) is 72.7 Å². The third-order valence-corrected chi connectivity index (χ3v) is 16.5. The van der Waals surface area contributed by atoms with Gasteiger partial charge in [0.1, 0.15) is 70.1 Å². The van der Waals surface area contributed by atoms with Crippen molar-refractivity contribution in [1.82, 2.24) is 78.3 Å². The zero-order valence-electron chi connectivity index (χ0n) is 60.0. The molecule has 0 unspecified atom stereocenters. The number of aromatic amines is 1. The summed E-state index contributed by atoms with van der Waals surface area (Å²) < 4.78 is 127. The topological polar surface area (TPSA) is 372 Å². The molecule has 0 spiro atoms. The number of nitrogens with two attached hydrogens (primary N) is 4. The molecule has 8 heterocycles. The molecule has 11 aromatic rings. The molecule has 0 radical (unpaired) electrons. The van der Waals surface area contributed by atoms with Gasteiger partial charge in [0.2, 0.25) is 23.6 Å². The second-order valence-electron chi connectivity index (χ2n) is 23.0. The maximum atomic E-state index is 13.9. The molecule has 0 aliphatic rings. The van der Waals surface area contributed by atoms with Crippen LogP contribution < -0.4 is 39.6 Å². The van der Waals surface area contributed by atoms with Crippen molar-refractivity contribution in [3.8, 4) is 17.1 Å². The number of fused-ring (bicyclic) bond motifs is 5. The average molecular weight is 1490 g/mol. The van der Waals surface area contributed by atoms with Crippen LogP contribution >= 0.6 is 0 Å². The van der Waals surface area contributed by atoms with Gasteiger partial charge in [-0.15, -0.1) is 0 Å². The molecule has 0 fully saturated rings. The number of amides is 3. The summed E-state index contributed by atoms with van der Waals surface area (Å²) in [7, 11) is 0. The lowest BCUT2D eigenvalue weighted by atomic mass is 10.1. The van der Waals surface area contributed by atoms with Gasteiger partial charge in [0.15, 0.2) is 0 Å². The van der Waals surface area contributed by atoms with Crippen molar-refractivity contribution < 1.29 is 58.7 Å². The number of alkyl halides is 9. The van der Waals surface area contributed by atoms with E-state index in [4.69, 9.17) is 22.9 Å². The van der Waals surface area contributed by atoms with E-state index >= 15 is 0 Å². The minimum absolute atomic E-state index is 0.0139. The minimum Gasteiger partial charge on any atom is -0.398 e. The van der Waals surface area contributed by atoms with Gasteiger partial charge in [-0.25, -0.2) is 34.6 Å². The number of hydrogen-bond acceptors (Lipinski definition) is 19. The van der Waals surface area contributed by atoms with Gasteiger partial charge in [-0.3, -0.25) is 52.4 Å². The van der Waals surface area contributed by atoms with Crippen LogP contribution in [0.25, 0.3) is 71.6 Å². The second kappa shape index (κ2) is 34.7. The van der Waals surface area contributed by atoms with Gasteiger partial charge in [-0.05, 0) is 146 Å². The molecule has 27 nitrogen and oxygen atoms in total. The quantitative estimate of drug-likeness (QED) is 0.0431. The van der Waals surface area contributed by atoms with E-state index < -0.39 is 58.2 Å². The van der Waals surface area contributed by atoms with E-state index in [0.29, 0.717) is 46.9 Å². The van der Waals surface area contributed by atoms with Crippen molar-refractivity contribution in [3.63, 3.8) is 0 Å². The summed E-state index contributed by atoms with van der Waals surface area (Å²) >= 11 is 0. The molecule has 566 valence electrons. The molecule has 11 rings (SSSR count). The molecule has 0 aliphatic heterocycles. The Morgan fingerprint density at radius 1 is 0.467 bits per heavy atom. The molecular weight excluding hydrogens is 1420 g/mol. The number of nitrogens with zero attached hydrogens (tertiary/aromatic N) is 15. The summed E-state index contributed by atoms with van der Waals surface area (Å²) in [5.41, 5.74) is 18.6. The fourth-order valence-corrected chi connectivity index (χ4v) is 11.0. The lowest BCUT2D eigenvalue weighted by Gasteiger charge is -2.20. The first-order chi connectivity index (χ1) is 50.3. The van der Waals surface area contributed by atoms with Crippen molar-refractivity contribution in [2.45, 2.75) is 94.7 Å². The van der Waals surface area contributed by atoms with Crippen LogP contribution in [0.3, 0.4) is 0 Å². The van der Waals surface area contributed by atoms with Crippen molar-refractivity contribution in [2.75, 3.05) is 62.2 Å². The molecule has 8 aromatic heterocycles. The van der Waals surface area contributed by atoms with E-state index in [2.05, 4.69) is 64.9 Å². The lowest BCUT2D eigenvalue weighted by molar-refractivity contribution is -0.143. The Bertz CT molecular complexity index is 5310. The van der Waals surface area contributed by atoms with E-state index in [1.165, 1.54) is 43.6 Å². The molecule has 0 atom stereocenters. The predicted molar refractivity (Wildman–Crippen MR) is 391 cm³/mol. The number of carbonyl (C=O) groups is 4. The summed E-state index contributed by atoms with van der Waals surface area (Å²) in [6.45, 7) is 34.1. The number of carbonyl (C=O) groups excluding carboxylic acids is 4. The number of nitrogens with one attached hydrogen (secondary N) is 1. The highest BCUT2D eigenvalue weighted by atomic mass is 19.4. The standard InChI is InChI=1S/C18H13F3N6O2.C16H11F3N6O.C16H14F3N5O.3C7H13NO/c1-8-3-4-12-11(6-25-27(12)9(2)28)15(8)26-13(18(19,20)21)5-10-14(17(26)29)23-7-24-16(10)22;1-7-2-3-10-9(5-23-24-10)13(7)25-11(16(17,18)19)4-8-12(15(25)26)21-6-22-14(8)20;1-7-3-4-10(20)8(2)13(7)24-11(16(17,18)19)5-9-12(15(24)25)22-6-23-14(9)21;3*1-4-7(9)8(5-2)6-3/h3-7H,1-2H3,(H2,22,23,24);2-6H,1H3,(H,23,24)(H2,20,21,22);3-6H,20H2,1-2H3,(H2,21,22,23);3*4H,1,5-6H2,2-3H3. The maximum absolute atomic E-state index is 13.9. The largest absolute Gasteiger partial charge is 0.431 e. The Morgan fingerprint density at radius 3 is 1.12 bits per heavy atom. The summed E-state index contributed by atoms with van der Waals surface area (Å²) in [5, 5.41) is 10.6. The number of aryl methyl sites for hydroxylation is 3. The number of rotatable bonds is 12. The van der Waals surface area contributed by atoms with Gasteiger partial charge in [-0.2, -0.15) is 49.7 Å². The molecule has 0 aliphatic carbocycles. The Labute approximate surface area is 604 Å². The van der Waals surface area contributed by atoms with E-state index in [1.807, 2.05) is 41.5 Å². The van der Waals surface area contributed by atoms with Gasteiger partial charge in [0, 0.05) is 62.7 Å². The van der Waals surface area contributed by atoms with E-state index in [0.717, 1.165) is 81.1 Å². The van der Waals surface area contributed by atoms with Crippen molar-refractivity contribution in [1.29, 1.82) is 0 Å². The molecule has 9 N–H and O–H groups in total. The highest BCUT2D eigenvalue weighted by Gasteiger charge is 2.40. The first-order valence-corrected chi connectivity index (χ1v) is 32.5. The van der Waals surface area contributed by atoms with Crippen LogP contribution in [0.4, 0.5) is 62.7 Å². The highest BCUT2D eigenvalue weighted by Crippen LogP contribution is 2.39. The molecule has 0 saturated carbocycles.